The summed E-state index contributed by atoms with van der Waals surface area (Å²) in [6, 6.07) is 20.5. The highest BCUT2D eigenvalue weighted by Gasteiger charge is 1.72. The Bertz CT molecular complexity index is 336. The minimum absolute atomic E-state index is 1.32. The van der Waals surface area contributed by atoms with Gasteiger partial charge < -0.3 is 0 Å². The van der Waals surface area contributed by atoms with E-state index in [9.17, 15) is 0 Å². The van der Waals surface area contributed by atoms with E-state index in [-0.39, 0.29) is 0 Å². The van der Waals surface area contributed by atoms with Gasteiger partial charge in [0.1, 0.15) is 0 Å². The minimum atomic E-state index is 1.32. The number of aryl methyl sites for hydroxylation is 2. The number of unbranched alkanes of at least 4 members (excludes halogenated alkanes) is 2. The smallest absolute Gasteiger partial charge is 0.0398 e. The number of benzene rings is 2. The van der Waals surface area contributed by atoms with Crippen LogP contribution in [0, 0.1) is 13.8 Å². The molecule has 23 heavy (non-hydrogen) atoms. The summed E-state index contributed by atoms with van der Waals surface area (Å²) in [5.74, 6) is 0. The van der Waals surface area contributed by atoms with Crippen molar-refractivity contribution in [3.8, 4) is 0 Å². The van der Waals surface area contributed by atoms with Gasteiger partial charge in [-0.05, 0) is 13.8 Å². The van der Waals surface area contributed by atoms with Gasteiger partial charge in [0.05, 0.1) is 0 Å². The van der Waals surface area contributed by atoms with E-state index < -0.39 is 0 Å². The van der Waals surface area contributed by atoms with Crippen molar-refractivity contribution < 1.29 is 0 Å². The molecule has 0 aliphatic rings. The van der Waals surface area contributed by atoms with Gasteiger partial charge in [0.15, 0.2) is 0 Å². The zero-order chi connectivity index (χ0) is 18.3. The Morgan fingerprint density at radius 2 is 0.783 bits per heavy atom. The Morgan fingerprint density at radius 3 is 0.870 bits per heavy atom. The molecule has 0 spiro atoms. The minimum Gasteiger partial charge on any atom is -0.0683 e. The highest BCUT2D eigenvalue weighted by Crippen LogP contribution is 1.92. The molecular formula is C23H40. The van der Waals surface area contributed by atoms with Gasteiger partial charge in [-0.3, -0.25) is 0 Å². The zero-order valence-corrected chi connectivity index (χ0v) is 16.9. The monoisotopic (exact) mass is 316 g/mol. The second-order valence-corrected chi connectivity index (χ2v) is 4.66. The lowest BCUT2D eigenvalue weighted by Gasteiger charge is -1.82. The summed E-state index contributed by atoms with van der Waals surface area (Å²) in [7, 11) is 0. The van der Waals surface area contributed by atoms with Crippen LogP contribution in [-0.4, -0.2) is 0 Å². The van der Waals surface area contributed by atoms with E-state index in [4.69, 9.17) is 0 Å². The first-order valence-corrected chi connectivity index (χ1v) is 9.24. The van der Waals surface area contributed by atoms with Gasteiger partial charge in [0.25, 0.3) is 0 Å². The molecule has 132 valence electrons. The standard InChI is InChI=1S/2C7H8.C5H12.2C2H6/c2*1-7-5-3-2-4-6-7;1-3-5-4-2;2*1-2/h2*2-6H,1H3;3-5H2,1-2H3;2*1-2H3. The molecule has 0 N–H and O–H groups in total. The van der Waals surface area contributed by atoms with E-state index in [0.717, 1.165) is 0 Å². The first-order valence-electron chi connectivity index (χ1n) is 9.24. The fraction of sp³-hybridized carbons (Fsp3) is 0.478. The van der Waals surface area contributed by atoms with Crippen molar-refractivity contribution in [2.24, 2.45) is 0 Å². The SMILES string of the molecule is CC.CC.CCCCC.Cc1ccccc1.Cc1ccccc1. The lowest BCUT2D eigenvalue weighted by atomic mass is 10.2. The fourth-order valence-electron chi connectivity index (χ4n) is 1.42. The molecule has 2 aromatic rings. The average molecular weight is 317 g/mol. The van der Waals surface area contributed by atoms with Gasteiger partial charge in [-0.2, -0.15) is 0 Å². The van der Waals surface area contributed by atoms with Crippen LogP contribution in [0.25, 0.3) is 0 Å². The largest absolute Gasteiger partial charge is 0.0683 e. The van der Waals surface area contributed by atoms with Gasteiger partial charge in [0.2, 0.25) is 0 Å². The van der Waals surface area contributed by atoms with Gasteiger partial charge in [0, 0.05) is 0 Å². The molecule has 0 unspecified atom stereocenters. The zero-order valence-electron chi connectivity index (χ0n) is 16.9. The van der Waals surface area contributed by atoms with Crippen molar-refractivity contribution >= 4 is 0 Å². The van der Waals surface area contributed by atoms with Crippen LogP contribution in [0.5, 0.6) is 0 Å². The second kappa shape index (κ2) is 25.4. The molecule has 0 atom stereocenters. The summed E-state index contributed by atoms with van der Waals surface area (Å²) < 4.78 is 0. The molecule has 0 saturated carbocycles. The predicted molar refractivity (Wildman–Crippen MR) is 110 cm³/mol. The first kappa shape index (κ1) is 26.3. The summed E-state index contributed by atoms with van der Waals surface area (Å²) in [6.07, 6.45) is 4.08. The average Bonchev–Trinajstić information content (AvgIpc) is 2.62. The Kier molecular flexibility index (Phi) is 29.1. The van der Waals surface area contributed by atoms with E-state index in [1.54, 1.807) is 0 Å². The maximum atomic E-state index is 2.21. The molecule has 0 heterocycles. The van der Waals surface area contributed by atoms with Crippen molar-refractivity contribution in [2.75, 3.05) is 0 Å². The summed E-state index contributed by atoms with van der Waals surface area (Å²) >= 11 is 0. The van der Waals surface area contributed by atoms with Crippen LogP contribution < -0.4 is 0 Å². The molecule has 2 aromatic carbocycles. The highest BCUT2D eigenvalue weighted by molar-refractivity contribution is 5.12. The van der Waals surface area contributed by atoms with E-state index >= 15 is 0 Å². The summed E-state index contributed by atoms with van der Waals surface area (Å²) in [5, 5.41) is 0. The predicted octanol–water partition coefficient (Wildman–Crippen LogP) is 8.24. The van der Waals surface area contributed by atoms with Crippen molar-refractivity contribution in [2.45, 2.75) is 74.7 Å². The maximum Gasteiger partial charge on any atom is -0.0398 e. The lowest BCUT2D eigenvalue weighted by Crippen LogP contribution is -1.62. The second-order valence-electron chi connectivity index (χ2n) is 4.66. The third kappa shape index (κ3) is 25.7. The van der Waals surface area contributed by atoms with Crippen LogP contribution in [0.15, 0.2) is 60.7 Å². The van der Waals surface area contributed by atoms with Crippen LogP contribution in [0.1, 0.15) is 71.9 Å². The highest BCUT2D eigenvalue weighted by atomic mass is 13.8. The third-order valence-electron chi connectivity index (χ3n) is 2.59. The van der Waals surface area contributed by atoms with Crippen LogP contribution in [0.3, 0.4) is 0 Å². The molecule has 2 rings (SSSR count). The number of rotatable bonds is 2. The van der Waals surface area contributed by atoms with E-state index in [2.05, 4.69) is 52.0 Å². The van der Waals surface area contributed by atoms with Crippen LogP contribution in [-0.2, 0) is 0 Å². The Balaban J connectivity index is -0.000000238. The van der Waals surface area contributed by atoms with Gasteiger partial charge in [-0.15, -0.1) is 0 Å². The van der Waals surface area contributed by atoms with Gasteiger partial charge in [-0.1, -0.05) is 133 Å². The summed E-state index contributed by atoms with van der Waals surface area (Å²) in [6.45, 7) is 16.6. The molecule has 0 aromatic heterocycles. The molecule has 0 aliphatic carbocycles. The van der Waals surface area contributed by atoms with E-state index in [1.165, 1.54) is 30.4 Å². The summed E-state index contributed by atoms with van der Waals surface area (Å²) in [4.78, 5) is 0. The molecular weight excluding hydrogens is 276 g/mol. The summed E-state index contributed by atoms with van der Waals surface area (Å²) in [5.41, 5.74) is 2.64. The Morgan fingerprint density at radius 1 is 0.522 bits per heavy atom. The van der Waals surface area contributed by atoms with Gasteiger partial charge in [-0.25, -0.2) is 0 Å². The molecule has 0 heteroatoms. The van der Waals surface area contributed by atoms with Crippen LogP contribution in [0.4, 0.5) is 0 Å². The lowest BCUT2D eigenvalue weighted by molar-refractivity contribution is 0.772. The maximum absolute atomic E-state index is 2.21. The number of hydrogen-bond donors (Lipinski definition) is 0. The molecule has 0 amide bonds. The molecule has 0 bridgehead atoms. The quantitative estimate of drug-likeness (QED) is 0.523. The fourth-order valence-corrected chi connectivity index (χ4v) is 1.42. The van der Waals surface area contributed by atoms with E-state index in [1.807, 2.05) is 64.1 Å². The molecule has 0 aliphatic heterocycles. The van der Waals surface area contributed by atoms with Crippen LogP contribution in [0.2, 0.25) is 0 Å². The number of hydrogen-bond acceptors (Lipinski definition) is 0. The Labute approximate surface area is 147 Å². The van der Waals surface area contributed by atoms with Crippen molar-refractivity contribution in [1.82, 2.24) is 0 Å². The van der Waals surface area contributed by atoms with E-state index in [0.29, 0.717) is 0 Å². The van der Waals surface area contributed by atoms with Crippen molar-refractivity contribution in [3.63, 3.8) is 0 Å². The molecule has 0 radical (unpaired) electrons. The first-order chi connectivity index (χ1) is 11.2. The molecule has 0 nitrogen and oxygen atoms in total. The van der Waals surface area contributed by atoms with Crippen molar-refractivity contribution in [3.05, 3.63) is 71.8 Å². The van der Waals surface area contributed by atoms with Crippen molar-refractivity contribution in [1.29, 1.82) is 0 Å². The third-order valence-corrected chi connectivity index (χ3v) is 2.59. The topological polar surface area (TPSA) is 0 Å². The normalized spacial score (nSPS) is 7.65. The molecule has 0 fully saturated rings. The van der Waals surface area contributed by atoms with Crippen LogP contribution >= 0.6 is 0 Å². The van der Waals surface area contributed by atoms with Gasteiger partial charge >= 0.3 is 0 Å². The molecule has 0 saturated heterocycles. The Hall–Kier alpha value is -1.56.